The molecule has 15 heavy (non-hydrogen) atoms. The highest BCUT2D eigenvalue weighted by Gasteiger charge is 2.26. The van der Waals surface area contributed by atoms with Gasteiger partial charge < -0.3 is 5.32 Å². The van der Waals surface area contributed by atoms with Gasteiger partial charge in [-0.15, -0.1) is 11.6 Å². The minimum Gasteiger partial charge on any atom is -0.310 e. The molecule has 1 nitrogen and oxygen atoms in total. The van der Waals surface area contributed by atoms with Gasteiger partial charge in [-0.3, -0.25) is 0 Å². The van der Waals surface area contributed by atoms with Crippen molar-refractivity contribution in [3.8, 4) is 0 Å². The average Bonchev–Trinajstić information content (AvgIpc) is 2.13. The van der Waals surface area contributed by atoms with Crippen LogP contribution in [0.25, 0.3) is 0 Å². The first kappa shape index (κ1) is 11.7. The van der Waals surface area contributed by atoms with Crippen LogP contribution in [-0.4, -0.2) is 11.4 Å². The minimum atomic E-state index is 0.364. The van der Waals surface area contributed by atoms with Crippen LogP contribution < -0.4 is 5.32 Å². The van der Waals surface area contributed by atoms with Gasteiger partial charge in [0.25, 0.3) is 0 Å². The monoisotopic (exact) mass is 307 g/mol. The van der Waals surface area contributed by atoms with E-state index in [1.165, 1.54) is 0 Å². The van der Waals surface area contributed by atoms with Gasteiger partial charge in [-0.25, -0.2) is 0 Å². The van der Waals surface area contributed by atoms with Gasteiger partial charge >= 0.3 is 0 Å². The van der Waals surface area contributed by atoms with Crippen LogP contribution in [0.2, 0.25) is 5.02 Å². The Morgan fingerprint density at radius 3 is 2.73 bits per heavy atom. The van der Waals surface area contributed by atoms with Crippen molar-refractivity contribution in [1.82, 2.24) is 5.32 Å². The summed E-state index contributed by atoms with van der Waals surface area (Å²) in [7, 11) is 0. The zero-order valence-corrected chi connectivity index (χ0v) is 11.2. The average molecular weight is 309 g/mol. The van der Waals surface area contributed by atoms with Crippen molar-refractivity contribution >= 4 is 39.1 Å². The van der Waals surface area contributed by atoms with E-state index in [9.17, 15) is 0 Å². The number of hydrogen-bond donors (Lipinski definition) is 1. The van der Waals surface area contributed by atoms with Crippen LogP contribution in [0.3, 0.4) is 0 Å². The van der Waals surface area contributed by atoms with E-state index in [-0.39, 0.29) is 0 Å². The van der Waals surface area contributed by atoms with E-state index in [1.807, 2.05) is 18.2 Å². The smallest absolute Gasteiger partial charge is 0.0462 e. The predicted molar refractivity (Wildman–Crippen MR) is 68.7 cm³/mol. The van der Waals surface area contributed by atoms with Gasteiger partial charge in [0.05, 0.1) is 0 Å². The largest absolute Gasteiger partial charge is 0.310 e. The van der Waals surface area contributed by atoms with Crippen LogP contribution in [0.1, 0.15) is 18.4 Å². The van der Waals surface area contributed by atoms with E-state index in [1.54, 1.807) is 0 Å². The zero-order chi connectivity index (χ0) is 10.8. The van der Waals surface area contributed by atoms with Gasteiger partial charge in [0.1, 0.15) is 0 Å². The fraction of sp³-hybridized carbons (Fsp3) is 0.455. The summed E-state index contributed by atoms with van der Waals surface area (Å²) in [6, 6.07) is 6.53. The van der Waals surface area contributed by atoms with Crippen LogP contribution in [-0.2, 0) is 6.54 Å². The highest BCUT2D eigenvalue weighted by molar-refractivity contribution is 9.10. The summed E-state index contributed by atoms with van der Waals surface area (Å²) < 4.78 is 1.01. The molecule has 82 valence electrons. The quantitative estimate of drug-likeness (QED) is 0.833. The number of rotatable bonds is 3. The second kappa shape index (κ2) is 5.05. The molecule has 0 unspecified atom stereocenters. The first-order chi connectivity index (χ1) is 7.15. The fourth-order valence-electron chi connectivity index (χ4n) is 1.63. The number of benzene rings is 1. The number of hydrogen-bond acceptors (Lipinski definition) is 1. The molecule has 0 aliphatic heterocycles. The van der Waals surface area contributed by atoms with E-state index in [2.05, 4.69) is 21.2 Å². The molecule has 1 aliphatic carbocycles. The van der Waals surface area contributed by atoms with Gasteiger partial charge in [-0.05, 0) is 30.5 Å². The maximum absolute atomic E-state index is 6.11. The molecule has 0 atom stereocenters. The summed E-state index contributed by atoms with van der Waals surface area (Å²) in [5, 5.41) is 4.61. The fourth-order valence-corrected chi connectivity index (χ4v) is 2.80. The van der Waals surface area contributed by atoms with Crippen LogP contribution in [0.15, 0.2) is 22.7 Å². The van der Waals surface area contributed by atoms with E-state index < -0.39 is 0 Å². The van der Waals surface area contributed by atoms with E-state index >= 15 is 0 Å². The van der Waals surface area contributed by atoms with Crippen LogP contribution in [0.5, 0.6) is 0 Å². The SMILES string of the molecule is Clc1cc(Br)ccc1CNC1CC(Cl)C1. The molecule has 0 saturated heterocycles. The van der Waals surface area contributed by atoms with Crippen molar-refractivity contribution in [2.45, 2.75) is 30.8 Å². The van der Waals surface area contributed by atoms with Crippen molar-refractivity contribution in [1.29, 1.82) is 0 Å². The third kappa shape index (κ3) is 3.10. The number of alkyl halides is 1. The Hall–Kier alpha value is 0.240. The summed E-state index contributed by atoms with van der Waals surface area (Å²) in [5.41, 5.74) is 1.14. The molecular formula is C11H12BrCl2N. The van der Waals surface area contributed by atoms with Gasteiger partial charge in [0.15, 0.2) is 0 Å². The summed E-state index contributed by atoms with van der Waals surface area (Å²) in [4.78, 5) is 0. The molecule has 1 saturated carbocycles. The lowest BCUT2D eigenvalue weighted by Crippen LogP contribution is -2.41. The molecule has 2 rings (SSSR count). The molecule has 1 fully saturated rings. The maximum atomic E-state index is 6.11. The molecule has 1 aromatic rings. The first-order valence-electron chi connectivity index (χ1n) is 4.96. The Kier molecular flexibility index (Phi) is 3.94. The molecule has 0 aromatic heterocycles. The topological polar surface area (TPSA) is 12.0 Å². The molecule has 0 radical (unpaired) electrons. The van der Waals surface area contributed by atoms with Crippen molar-refractivity contribution < 1.29 is 0 Å². The third-order valence-corrected chi connectivity index (χ3v) is 3.88. The van der Waals surface area contributed by atoms with Gasteiger partial charge in [-0.2, -0.15) is 0 Å². The van der Waals surface area contributed by atoms with Gasteiger partial charge in [0.2, 0.25) is 0 Å². The normalized spacial score (nSPS) is 25.0. The lowest BCUT2D eigenvalue weighted by molar-refractivity contribution is 0.345. The first-order valence-corrected chi connectivity index (χ1v) is 6.57. The number of nitrogens with one attached hydrogen (secondary N) is 1. The van der Waals surface area contributed by atoms with E-state index in [0.717, 1.165) is 34.4 Å². The summed E-state index contributed by atoms with van der Waals surface area (Å²) in [6.07, 6.45) is 2.13. The second-order valence-electron chi connectivity index (χ2n) is 3.88. The molecule has 4 heteroatoms. The Morgan fingerprint density at radius 1 is 1.40 bits per heavy atom. The standard InChI is InChI=1S/C11H12BrCl2N/c12-8-2-1-7(11(14)3-8)6-15-10-4-9(13)5-10/h1-3,9-10,15H,4-6H2. The van der Waals surface area contributed by atoms with Crippen LogP contribution in [0, 0.1) is 0 Å². The molecule has 1 aliphatic rings. The molecule has 1 N–H and O–H groups in total. The van der Waals surface area contributed by atoms with Crippen molar-refractivity contribution in [3.63, 3.8) is 0 Å². The summed E-state index contributed by atoms with van der Waals surface area (Å²) >= 11 is 15.4. The maximum Gasteiger partial charge on any atom is 0.0462 e. The van der Waals surface area contributed by atoms with Crippen molar-refractivity contribution in [2.24, 2.45) is 0 Å². The lowest BCUT2D eigenvalue weighted by atomic mass is 9.92. The second-order valence-corrected chi connectivity index (χ2v) is 5.82. The van der Waals surface area contributed by atoms with Crippen molar-refractivity contribution in [2.75, 3.05) is 0 Å². The van der Waals surface area contributed by atoms with E-state index in [0.29, 0.717) is 11.4 Å². The van der Waals surface area contributed by atoms with E-state index in [4.69, 9.17) is 23.2 Å². The Morgan fingerprint density at radius 2 is 2.13 bits per heavy atom. The highest BCUT2D eigenvalue weighted by Crippen LogP contribution is 2.26. The Labute approximate surface area is 108 Å². The summed E-state index contributed by atoms with van der Waals surface area (Å²) in [5.74, 6) is 0. The van der Waals surface area contributed by atoms with Crippen molar-refractivity contribution in [3.05, 3.63) is 33.3 Å². The van der Waals surface area contributed by atoms with Gasteiger partial charge in [0, 0.05) is 27.5 Å². The highest BCUT2D eigenvalue weighted by atomic mass is 79.9. The molecular weight excluding hydrogens is 297 g/mol. The van der Waals surface area contributed by atoms with Gasteiger partial charge in [-0.1, -0.05) is 33.6 Å². The van der Waals surface area contributed by atoms with Crippen LogP contribution in [0.4, 0.5) is 0 Å². The molecule has 0 spiro atoms. The number of halogens is 3. The molecule has 0 bridgehead atoms. The predicted octanol–water partition coefficient (Wildman–Crippen LogP) is 3.96. The third-order valence-electron chi connectivity index (χ3n) is 2.68. The Bertz CT molecular complexity index is 350. The van der Waals surface area contributed by atoms with Crippen LogP contribution >= 0.6 is 39.1 Å². The molecule has 0 amide bonds. The minimum absolute atomic E-state index is 0.364. The molecule has 1 aromatic carbocycles. The lowest BCUT2D eigenvalue weighted by Gasteiger charge is -2.31. The summed E-state index contributed by atoms with van der Waals surface area (Å²) in [6.45, 7) is 0.820. The molecule has 0 heterocycles. The zero-order valence-electron chi connectivity index (χ0n) is 8.14. The Balaban J connectivity index is 1.88.